The van der Waals surface area contributed by atoms with E-state index in [2.05, 4.69) is 20.6 Å². The highest BCUT2D eigenvalue weighted by Gasteiger charge is 2.11. The second-order valence-corrected chi connectivity index (χ2v) is 7.14. The summed E-state index contributed by atoms with van der Waals surface area (Å²) in [5.74, 6) is 1.75. The minimum atomic E-state index is -0.218. The summed E-state index contributed by atoms with van der Waals surface area (Å²) in [6.07, 6.45) is 0. The molecule has 1 heterocycles. The van der Waals surface area contributed by atoms with Crippen LogP contribution < -0.4 is 15.4 Å². The van der Waals surface area contributed by atoms with Crippen LogP contribution in [0.3, 0.4) is 0 Å². The van der Waals surface area contributed by atoms with Crippen molar-refractivity contribution in [1.29, 1.82) is 0 Å². The van der Waals surface area contributed by atoms with Crippen molar-refractivity contribution in [2.75, 3.05) is 17.2 Å². The van der Waals surface area contributed by atoms with Gasteiger partial charge < -0.3 is 15.4 Å². The molecule has 6 nitrogen and oxygen atoms in total. The monoisotopic (exact) mass is 424 g/mol. The second kappa shape index (κ2) is 9.75. The molecule has 0 aliphatic heterocycles. The molecule has 0 aliphatic rings. The maximum atomic E-state index is 12.8. The van der Waals surface area contributed by atoms with Gasteiger partial charge in [-0.2, -0.15) is 0 Å². The number of anilines is 3. The third kappa shape index (κ3) is 5.10. The summed E-state index contributed by atoms with van der Waals surface area (Å²) < 4.78 is 5.59. The van der Waals surface area contributed by atoms with Crippen LogP contribution in [0, 0.1) is 6.92 Å². The molecular formula is C26H24N4O2. The molecule has 0 fully saturated rings. The van der Waals surface area contributed by atoms with Crippen molar-refractivity contribution in [2.45, 2.75) is 13.8 Å². The Morgan fingerprint density at radius 1 is 0.906 bits per heavy atom. The van der Waals surface area contributed by atoms with Gasteiger partial charge in [0, 0.05) is 22.9 Å². The van der Waals surface area contributed by atoms with Crippen LogP contribution in [0.4, 0.5) is 17.2 Å². The number of benzene rings is 3. The number of rotatable bonds is 7. The van der Waals surface area contributed by atoms with Crippen molar-refractivity contribution in [3.05, 3.63) is 96.3 Å². The molecule has 4 aromatic rings. The molecule has 0 unspecified atom stereocenters. The lowest BCUT2D eigenvalue weighted by Gasteiger charge is -2.12. The summed E-state index contributed by atoms with van der Waals surface area (Å²) in [5, 5.41) is 6.22. The first kappa shape index (κ1) is 21.1. The Morgan fingerprint density at radius 3 is 2.50 bits per heavy atom. The SMILES string of the molecule is CCOc1ccccc1NC(=O)c1cccc(Nc2cc(-c3ccccc3)nc(C)n2)c1. The van der Waals surface area contributed by atoms with Crippen molar-refractivity contribution in [2.24, 2.45) is 0 Å². The summed E-state index contributed by atoms with van der Waals surface area (Å²) in [6.45, 7) is 4.29. The number of ether oxygens (including phenoxy) is 1. The highest BCUT2D eigenvalue weighted by atomic mass is 16.5. The minimum absolute atomic E-state index is 0.218. The van der Waals surface area contributed by atoms with Crippen LogP contribution in [0.5, 0.6) is 5.75 Å². The lowest BCUT2D eigenvalue weighted by molar-refractivity contribution is 0.102. The van der Waals surface area contributed by atoms with E-state index in [1.54, 1.807) is 12.1 Å². The molecular weight excluding hydrogens is 400 g/mol. The van der Waals surface area contributed by atoms with Crippen molar-refractivity contribution in [3.63, 3.8) is 0 Å². The van der Waals surface area contributed by atoms with E-state index in [1.807, 2.05) is 86.6 Å². The molecule has 0 aliphatic carbocycles. The zero-order chi connectivity index (χ0) is 22.3. The Hall–Kier alpha value is -4.19. The number of nitrogens with one attached hydrogen (secondary N) is 2. The molecule has 0 saturated heterocycles. The van der Waals surface area contributed by atoms with Crippen molar-refractivity contribution >= 4 is 23.1 Å². The van der Waals surface area contributed by atoms with E-state index < -0.39 is 0 Å². The normalized spacial score (nSPS) is 10.4. The number of amides is 1. The fourth-order valence-electron chi connectivity index (χ4n) is 3.32. The first-order valence-electron chi connectivity index (χ1n) is 10.4. The topological polar surface area (TPSA) is 76.1 Å². The molecule has 32 heavy (non-hydrogen) atoms. The number of hydrogen-bond acceptors (Lipinski definition) is 5. The summed E-state index contributed by atoms with van der Waals surface area (Å²) in [5.41, 5.74) is 3.77. The Bertz CT molecular complexity index is 1230. The van der Waals surface area contributed by atoms with Gasteiger partial charge in [-0.15, -0.1) is 0 Å². The fraction of sp³-hybridized carbons (Fsp3) is 0.115. The zero-order valence-corrected chi connectivity index (χ0v) is 18.0. The third-order valence-electron chi connectivity index (χ3n) is 4.74. The second-order valence-electron chi connectivity index (χ2n) is 7.14. The van der Waals surface area contributed by atoms with E-state index in [9.17, 15) is 4.79 Å². The van der Waals surface area contributed by atoms with Gasteiger partial charge in [0.15, 0.2) is 0 Å². The van der Waals surface area contributed by atoms with Crippen LogP contribution in [0.1, 0.15) is 23.1 Å². The highest BCUT2D eigenvalue weighted by molar-refractivity contribution is 6.05. The minimum Gasteiger partial charge on any atom is -0.492 e. The number of hydrogen-bond donors (Lipinski definition) is 2. The number of para-hydroxylation sites is 2. The summed E-state index contributed by atoms with van der Waals surface area (Å²) in [7, 11) is 0. The van der Waals surface area contributed by atoms with E-state index >= 15 is 0 Å². The van der Waals surface area contributed by atoms with Gasteiger partial charge in [0.1, 0.15) is 17.4 Å². The van der Waals surface area contributed by atoms with Gasteiger partial charge in [0.2, 0.25) is 0 Å². The molecule has 1 aromatic heterocycles. The van der Waals surface area contributed by atoms with Crippen LogP contribution in [0.15, 0.2) is 84.9 Å². The number of aromatic nitrogens is 2. The molecule has 0 radical (unpaired) electrons. The van der Waals surface area contributed by atoms with Gasteiger partial charge in [-0.1, -0.05) is 48.5 Å². The van der Waals surface area contributed by atoms with Gasteiger partial charge in [-0.05, 0) is 44.2 Å². The standard InChI is InChI=1S/C26H24N4O2/c1-3-32-24-15-8-7-14-22(24)30-26(31)20-12-9-13-21(16-20)29-25-17-23(27-18(2)28-25)19-10-5-4-6-11-19/h4-17H,3H2,1-2H3,(H,30,31)(H,27,28,29). The lowest BCUT2D eigenvalue weighted by atomic mass is 10.1. The molecule has 4 rings (SSSR count). The predicted molar refractivity (Wildman–Crippen MR) is 127 cm³/mol. The van der Waals surface area contributed by atoms with Crippen LogP contribution in [0.25, 0.3) is 11.3 Å². The Morgan fingerprint density at radius 2 is 1.69 bits per heavy atom. The number of carbonyl (C=O) groups is 1. The highest BCUT2D eigenvalue weighted by Crippen LogP contribution is 2.26. The maximum Gasteiger partial charge on any atom is 0.255 e. The van der Waals surface area contributed by atoms with E-state index in [0.717, 1.165) is 16.9 Å². The van der Waals surface area contributed by atoms with E-state index in [4.69, 9.17) is 4.74 Å². The first-order chi connectivity index (χ1) is 15.6. The average molecular weight is 425 g/mol. The molecule has 1 amide bonds. The summed E-state index contributed by atoms with van der Waals surface area (Å²) in [4.78, 5) is 21.9. The number of aryl methyl sites for hydroxylation is 1. The Labute approximate surface area is 187 Å². The number of nitrogens with zero attached hydrogens (tertiary/aromatic N) is 2. The molecule has 0 spiro atoms. The molecule has 0 saturated carbocycles. The van der Waals surface area contributed by atoms with Crippen molar-refractivity contribution in [3.8, 4) is 17.0 Å². The third-order valence-corrected chi connectivity index (χ3v) is 4.74. The Balaban J connectivity index is 1.54. The lowest BCUT2D eigenvalue weighted by Crippen LogP contribution is -2.13. The van der Waals surface area contributed by atoms with Gasteiger partial charge in [0.05, 0.1) is 18.0 Å². The van der Waals surface area contributed by atoms with Crippen molar-refractivity contribution < 1.29 is 9.53 Å². The molecule has 6 heteroatoms. The van der Waals surface area contributed by atoms with E-state index in [1.165, 1.54) is 0 Å². The fourth-order valence-corrected chi connectivity index (χ4v) is 3.32. The molecule has 160 valence electrons. The molecule has 3 aromatic carbocycles. The maximum absolute atomic E-state index is 12.8. The largest absolute Gasteiger partial charge is 0.492 e. The first-order valence-corrected chi connectivity index (χ1v) is 10.4. The Kier molecular flexibility index (Phi) is 6.41. The van der Waals surface area contributed by atoms with E-state index in [-0.39, 0.29) is 5.91 Å². The smallest absolute Gasteiger partial charge is 0.255 e. The zero-order valence-electron chi connectivity index (χ0n) is 18.0. The van der Waals surface area contributed by atoms with Crippen LogP contribution in [-0.4, -0.2) is 22.5 Å². The van der Waals surface area contributed by atoms with E-state index in [0.29, 0.717) is 35.2 Å². The van der Waals surface area contributed by atoms with Gasteiger partial charge >= 0.3 is 0 Å². The van der Waals surface area contributed by atoms with Crippen molar-refractivity contribution in [1.82, 2.24) is 9.97 Å². The van der Waals surface area contributed by atoms with Gasteiger partial charge in [-0.3, -0.25) is 4.79 Å². The quantitative estimate of drug-likeness (QED) is 0.389. The number of carbonyl (C=O) groups excluding carboxylic acids is 1. The summed E-state index contributed by atoms with van der Waals surface area (Å²) >= 11 is 0. The molecule has 0 bridgehead atoms. The average Bonchev–Trinajstić information content (AvgIpc) is 2.81. The molecule has 2 N–H and O–H groups in total. The van der Waals surface area contributed by atoms with Gasteiger partial charge in [0.25, 0.3) is 5.91 Å². The van der Waals surface area contributed by atoms with Crippen LogP contribution in [-0.2, 0) is 0 Å². The van der Waals surface area contributed by atoms with Crippen LogP contribution >= 0.6 is 0 Å². The van der Waals surface area contributed by atoms with Crippen LogP contribution in [0.2, 0.25) is 0 Å². The predicted octanol–water partition coefficient (Wildman–Crippen LogP) is 5.85. The summed E-state index contributed by atoms with van der Waals surface area (Å²) in [6, 6.07) is 26.5. The van der Waals surface area contributed by atoms with Gasteiger partial charge in [-0.25, -0.2) is 9.97 Å². The molecule has 0 atom stereocenters.